The average molecular weight is 384 g/mol. The first-order chi connectivity index (χ1) is 13.7. The van der Waals surface area contributed by atoms with Crippen molar-refractivity contribution in [3.63, 3.8) is 0 Å². The van der Waals surface area contributed by atoms with Gasteiger partial charge in [0.15, 0.2) is 5.96 Å². The van der Waals surface area contributed by atoms with Gasteiger partial charge in [0, 0.05) is 51.9 Å². The maximum Gasteiger partial charge on any atom is 0.194 e. The second-order valence-electron chi connectivity index (χ2n) is 7.18. The minimum Gasteiger partial charge on any atom is -0.375 e. The second-order valence-corrected chi connectivity index (χ2v) is 7.18. The topological polar surface area (TPSA) is 76.8 Å². The Kier molecular flexibility index (Phi) is 5.87. The standard InChI is InChI=1S/C20H28N6O2/c1-15-22-7-8-26(15)19-6-5-16(12-23-19)13-24-20(21-2)25-9-11-28-18(14-25)17-4-3-10-27-17/h5-8,12,17-18H,3-4,9-11,13-14H2,1-2H3,(H,21,24). The van der Waals surface area contributed by atoms with Gasteiger partial charge < -0.3 is 19.7 Å². The number of aromatic nitrogens is 3. The summed E-state index contributed by atoms with van der Waals surface area (Å²) < 4.78 is 13.7. The Morgan fingerprint density at radius 1 is 1.25 bits per heavy atom. The normalized spacial score (nSPS) is 23.2. The summed E-state index contributed by atoms with van der Waals surface area (Å²) in [6.07, 6.45) is 8.13. The summed E-state index contributed by atoms with van der Waals surface area (Å²) in [6, 6.07) is 4.09. The Labute approximate surface area is 165 Å². The van der Waals surface area contributed by atoms with E-state index in [4.69, 9.17) is 9.47 Å². The van der Waals surface area contributed by atoms with Crippen molar-refractivity contribution in [2.24, 2.45) is 4.99 Å². The van der Waals surface area contributed by atoms with Crippen molar-refractivity contribution in [1.82, 2.24) is 24.8 Å². The Morgan fingerprint density at radius 3 is 2.82 bits per heavy atom. The molecule has 2 aliphatic heterocycles. The fourth-order valence-corrected chi connectivity index (χ4v) is 3.79. The van der Waals surface area contributed by atoms with E-state index >= 15 is 0 Å². The molecule has 0 saturated carbocycles. The van der Waals surface area contributed by atoms with Crippen LogP contribution in [-0.2, 0) is 16.0 Å². The van der Waals surface area contributed by atoms with E-state index in [-0.39, 0.29) is 12.2 Å². The van der Waals surface area contributed by atoms with Crippen LogP contribution in [0.25, 0.3) is 5.82 Å². The number of ether oxygens (including phenoxy) is 2. The highest BCUT2D eigenvalue weighted by molar-refractivity contribution is 5.80. The van der Waals surface area contributed by atoms with Crippen LogP contribution in [0.15, 0.2) is 35.7 Å². The first-order valence-electron chi connectivity index (χ1n) is 9.88. The number of hydrogen-bond acceptors (Lipinski definition) is 5. The van der Waals surface area contributed by atoms with E-state index in [1.165, 1.54) is 0 Å². The van der Waals surface area contributed by atoms with Gasteiger partial charge in [-0.1, -0.05) is 6.07 Å². The van der Waals surface area contributed by atoms with E-state index in [1.54, 1.807) is 6.20 Å². The monoisotopic (exact) mass is 384 g/mol. The largest absolute Gasteiger partial charge is 0.375 e. The Bertz CT molecular complexity index is 797. The van der Waals surface area contributed by atoms with E-state index < -0.39 is 0 Å². The summed E-state index contributed by atoms with van der Waals surface area (Å²) in [5, 5.41) is 3.45. The Balaban J connectivity index is 1.34. The fourth-order valence-electron chi connectivity index (χ4n) is 3.79. The van der Waals surface area contributed by atoms with Crippen molar-refractivity contribution >= 4 is 5.96 Å². The zero-order valence-electron chi connectivity index (χ0n) is 16.5. The summed E-state index contributed by atoms with van der Waals surface area (Å²) in [5.74, 6) is 2.68. The van der Waals surface area contributed by atoms with Crippen LogP contribution in [-0.4, -0.2) is 71.0 Å². The number of imidazole rings is 1. The summed E-state index contributed by atoms with van der Waals surface area (Å²) in [6.45, 7) is 5.82. The number of hydrogen-bond donors (Lipinski definition) is 1. The summed E-state index contributed by atoms with van der Waals surface area (Å²) in [4.78, 5) is 15.5. The zero-order chi connectivity index (χ0) is 19.3. The van der Waals surface area contributed by atoms with Crippen LogP contribution in [0.2, 0.25) is 0 Å². The van der Waals surface area contributed by atoms with Gasteiger partial charge in [0.1, 0.15) is 17.7 Å². The molecule has 0 aromatic carbocycles. The molecule has 2 fully saturated rings. The van der Waals surface area contributed by atoms with Gasteiger partial charge in [-0.05, 0) is 31.4 Å². The van der Waals surface area contributed by atoms with Gasteiger partial charge in [0.05, 0.1) is 12.7 Å². The molecule has 150 valence electrons. The molecule has 4 heterocycles. The lowest BCUT2D eigenvalue weighted by Gasteiger charge is -2.37. The van der Waals surface area contributed by atoms with Gasteiger partial charge in [-0.15, -0.1) is 0 Å². The molecular formula is C20H28N6O2. The minimum absolute atomic E-state index is 0.120. The Morgan fingerprint density at radius 2 is 2.14 bits per heavy atom. The van der Waals surface area contributed by atoms with Gasteiger partial charge in [-0.25, -0.2) is 9.97 Å². The average Bonchev–Trinajstić information content (AvgIpc) is 3.41. The van der Waals surface area contributed by atoms with Crippen LogP contribution in [0.5, 0.6) is 0 Å². The van der Waals surface area contributed by atoms with E-state index in [0.29, 0.717) is 13.2 Å². The molecule has 0 amide bonds. The quantitative estimate of drug-likeness (QED) is 0.636. The summed E-state index contributed by atoms with van der Waals surface area (Å²) >= 11 is 0. The second kappa shape index (κ2) is 8.70. The van der Waals surface area contributed by atoms with Crippen molar-refractivity contribution < 1.29 is 9.47 Å². The van der Waals surface area contributed by atoms with Gasteiger partial charge in [0.2, 0.25) is 0 Å². The first kappa shape index (κ1) is 18.9. The molecule has 0 spiro atoms. The maximum atomic E-state index is 5.94. The number of rotatable bonds is 4. The Hall–Kier alpha value is -2.45. The van der Waals surface area contributed by atoms with Crippen molar-refractivity contribution in [2.45, 2.75) is 38.5 Å². The first-order valence-corrected chi connectivity index (χ1v) is 9.88. The van der Waals surface area contributed by atoms with Gasteiger partial charge in [-0.2, -0.15) is 0 Å². The molecule has 0 radical (unpaired) electrons. The van der Waals surface area contributed by atoms with Gasteiger partial charge in [0.25, 0.3) is 0 Å². The van der Waals surface area contributed by atoms with Crippen molar-refractivity contribution in [3.05, 3.63) is 42.1 Å². The van der Waals surface area contributed by atoms with Gasteiger partial charge >= 0.3 is 0 Å². The number of guanidine groups is 1. The third-order valence-electron chi connectivity index (χ3n) is 5.32. The molecule has 0 aliphatic carbocycles. The minimum atomic E-state index is 0.120. The molecule has 8 nitrogen and oxygen atoms in total. The molecule has 4 rings (SSSR count). The van der Waals surface area contributed by atoms with E-state index in [1.807, 2.05) is 37.0 Å². The fraction of sp³-hybridized carbons (Fsp3) is 0.550. The highest BCUT2D eigenvalue weighted by atomic mass is 16.5. The predicted octanol–water partition coefficient (Wildman–Crippen LogP) is 1.53. The van der Waals surface area contributed by atoms with E-state index in [9.17, 15) is 0 Å². The van der Waals surface area contributed by atoms with Gasteiger partial charge in [-0.3, -0.25) is 9.56 Å². The number of nitrogens with zero attached hydrogens (tertiary/aromatic N) is 5. The predicted molar refractivity (Wildman–Crippen MR) is 107 cm³/mol. The van der Waals surface area contributed by atoms with Crippen molar-refractivity contribution in [2.75, 3.05) is 33.4 Å². The van der Waals surface area contributed by atoms with Crippen LogP contribution in [0.4, 0.5) is 0 Å². The van der Waals surface area contributed by atoms with E-state index in [0.717, 1.165) is 55.7 Å². The SMILES string of the molecule is CN=C(NCc1ccc(-n2ccnc2C)nc1)N1CCOC(C2CCCO2)C1. The number of aliphatic imine (C=N–C) groups is 1. The molecule has 2 aromatic rings. The van der Waals surface area contributed by atoms with Crippen LogP contribution in [0.1, 0.15) is 24.2 Å². The molecule has 28 heavy (non-hydrogen) atoms. The molecule has 2 unspecified atom stereocenters. The number of nitrogens with one attached hydrogen (secondary N) is 1. The number of morpholine rings is 1. The van der Waals surface area contributed by atoms with Crippen LogP contribution in [0.3, 0.4) is 0 Å². The highest BCUT2D eigenvalue weighted by Crippen LogP contribution is 2.21. The van der Waals surface area contributed by atoms with Crippen molar-refractivity contribution in [1.29, 1.82) is 0 Å². The van der Waals surface area contributed by atoms with Crippen LogP contribution in [0, 0.1) is 6.92 Å². The maximum absolute atomic E-state index is 5.94. The highest BCUT2D eigenvalue weighted by Gasteiger charge is 2.32. The number of aryl methyl sites for hydroxylation is 1. The lowest BCUT2D eigenvalue weighted by atomic mass is 10.1. The molecule has 1 N–H and O–H groups in total. The third kappa shape index (κ3) is 4.18. The summed E-state index contributed by atoms with van der Waals surface area (Å²) in [5.41, 5.74) is 1.10. The molecule has 2 saturated heterocycles. The molecule has 2 aromatic heterocycles. The lowest BCUT2D eigenvalue weighted by Crippen LogP contribution is -2.53. The zero-order valence-corrected chi connectivity index (χ0v) is 16.5. The van der Waals surface area contributed by atoms with Crippen LogP contribution < -0.4 is 5.32 Å². The van der Waals surface area contributed by atoms with E-state index in [2.05, 4.69) is 31.2 Å². The third-order valence-corrected chi connectivity index (χ3v) is 5.32. The summed E-state index contributed by atoms with van der Waals surface area (Å²) in [7, 11) is 1.82. The van der Waals surface area contributed by atoms with Crippen molar-refractivity contribution in [3.8, 4) is 5.82 Å². The molecule has 2 atom stereocenters. The molecule has 0 bridgehead atoms. The van der Waals surface area contributed by atoms with Crippen LogP contribution >= 0.6 is 0 Å². The molecule has 8 heteroatoms. The molecular weight excluding hydrogens is 356 g/mol. The molecule has 2 aliphatic rings. The number of pyridine rings is 1. The lowest BCUT2D eigenvalue weighted by molar-refractivity contribution is -0.0817. The smallest absolute Gasteiger partial charge is 0.194 e.